The average Bonchev–Trinajstić information content (AvgIpc) is 2.51. The Morgan fingerprint density at radius 1 is 1.38 bits per heavy atom. The molecule has 118 valence electrons. The Labute approximate surface area is 130 Å². The Bertz CT molecular complexity index is 417. The van der Waals surface area contributed by atoms with Gasteiger partial charge in [0, 0.05) is 24.3 Å². The molecule has 0 saturated carbocycles. The van der Waals surface area contributed by atoms with E-state index in [9.17, 15) is 0 Å². The predicted molar refractivity (Wildman–Crippen MR) is 90.6 cm³/mol. The molecule has 1 aliphatic rings. The van der Waals surface area contributed by atoms with Crippen LogP contribution < -0.4 is 5.32 Å². The van der Waals surface area contributed by atoms with Crippen molar-refractivity contribution < 1.29 is 0 Å². The number of nitrogens with zero attached hydrogens (tertiary/aromatic N) is 2. The van der Waals surface area contributed by atoms with E-state index in [1.54, 1.807) is 0 Å². The minimum atomic E-state index is 0.550. The smallest absolute Gasteiger partial charge is 0.130 e. The van der Waals surface area contributed by atoms with Crippen molar-refractivity contribution in [1.29, 1.82) is 0 Å². The molecule has 2 heterocycles. The molecule has 1 aliphatic heterocycles. The van der Waals surface area contributed by atoms with E-state index in [0.29, 0.717) is 12.0 Å². The highest BCUT2D eigenvalue weighted by atomic mass is 15.2. The first kappa shape index (κ1) is 16.3. The normalized spacial score (nSPS) is 19.9. The Morgan fingerprint density at radius 2 is 2.24 bits per heavy atom. The molecule has 3 heteroatoms. The molecule has 3 nitrogen and oxygen atoms in total. The minimum absolute atomic E-state index is 0.550. The molecule has 0 aromatic carbocycles. The third kappa shape index (κ3) is 4.70. The Balaban J connectivity index is 2.13. The first-order chi connectivity index (χ1) is 10.2. The van der Waals surface area contributed by atoms with Gasteiger partial charge in [-0.3, -0.25) is 4.90 Å². The maximum Gasteiger partial charge on any atom is 0.130 e. The van der Waals surface area contributed by atoms with Crippen LogP contribution in [-0.4, -0.2) is 29.5 Å². The number of piperidine rings is 1. The van der Waals surface area contributed by atoms with Gasteiger partial charge in [0.15, 0.2) is 0 Å². The zero-order valence-electron chi connectivity index (χ0n) is 13.9. The van der Waals surface area contributed by atoms with Crippen molar-refractivity contribution in [2.24, 2.45) is 5.92 Å². The van der Waals surface area contributed by atoms with Crippen molar-refractivity contribution in [3.8, 4) is 0 Å². The summed E-state index contributed by atoms with van der Waals surface area (Å²) >= 11 is 0. The lowest BCUT2D eigenvalue weighted by atomic mass is 9.95. The molecule has 1 saturated heterocycles. The second kappa shape index (κ2) is 8.38. The fraction of sp³-hybridized carbons (Fsp3) is 0.722. The van der Waals surface area contributed by atoms with Gasteiger partial charge < -0.3 is 5.32 Å². The standard InChI is InChI=1S/C18H31N3/c1-4-5-12-21-13-7-6-10-17(21)16-9-8-11-19-18(16)20-14-15(2)3/h8-9,11,15,17H,4-7,10,12-14H2,1-3H3,(H,19,20). The second-order valence-electron chi connectivity index (χ2n) is 6.62. The zero-order valence-corrected chi connectivity index (χ0v) is 13.9. The topological polar surface area (TPSA) is 28.2 Å². The predicted octanol–water partition coefficient (Wildman–Crippen LogP) is 4.48. The van der Waals surface area contributed by atoms with E-state index >= 15 is 0 Å². The van der Waals surface area contributed by atoms with E-state index in [4.69, 9.17) is 0 Å². The number of hydrogen-bond acceptors (Lipinski definition) is 3. The van der Waals surface area contributed by atoms with Crippen LogP contribution in [0, 0.1) is 5.92 Å². The highest BCUT2D eigenvalue weighted by Crippen LogP contribution is 2.34. The molecule has 1 unspecified atom stereocenters. The maximum absolute atomic E-state index is 4.60. The van der Waals surface area contributed by atoms with E-state index in [0.717, 1.165) is 12.4 Å². The number of likely N-dealkylation sites (tertiary alicyclic amines) is 1. The maximum atomic E-state index is 4.60. The van der Waals surface area contributed by atoms with E-state index in [2.05, 4.69) is 48.1 Å². The molecule has 21 heavy (non-hydrogen) atoms. The van der Waals surface area contributed by atoms with Crippen LogP contribution in [0.15, 0.2) is 18.3 Å². The number of pyridine rings is 1. The lowest BCUT2D eigenvalue weighted by Crippen LogP contribution is -2.34. The van der Waals surface area contributed by atoms with Gasteiger partial charge in [0.05, 0.1) is 0 Å². The van der Waals surface area contributed by atoms with Crippen LogP contribution in [0.1, 0.15) is 64.5 Å². The second-order valence-corrected chi connectivity index (χ2v) is 6.62. The average molecular weight is 289 g/mol. The molecule has 1 fully saturated rings. The van der Waals surface area contributed by atoms with Crippen molar-refractivity contribution >= 4 is 5.82 Å². The first-order valence-electron chi connectivity index (χ1n) is 8.65. The van der Waals surface area contributed by atoms with Gasteiger partial charge in [0.2, 0.25) is 0 Å². The fourth-order valence-corrected chi connectivity index (χ4v) is 3.11. The van der Waals surface area contributed by atoms with Gasteiger partial charge in [-0.1, -0.05) is 39.7 Å². The van der Waals surface area contributed by atoms with E-state index in [1.165, 1.54) is 50.8 Å². The lowest BCUT2D eigenvalue weighted by Gasteiger charge is -2.36. The van der Waals surface area contributed by atoms with E-state index in [1.807, 2.05) is 6.20 Å². The van der Waals surface area contributed by atoms with Crippen LogP contribution in [0.25, 0.3) is 0 Å². The largest absolute Gasteiger partial charge is 0.370 e. The van der Waals surface area contributed by atoms with Gasteiger partial charge >= 0.3 is 0 Å². The van der Waals surface area contributed by atoms with Gasteiger partial charge in [-0.25, -0.2) is 4.98 Å². The molecule has 0 amide bonds. The molecule has 1 atom stereocenters. The van der Waals surface area contributed by atoms with E-state index < -0.39 is 0 Å². The summed E-state index contributed by atoms with van der Waals surface area (Å²) in [7, 11) is 0. The van der Waals surface area contributed by atoms with Crippen molar-refractivity contribution in [2.45, 2.75) is 58.9 Å². The summed E-state index contributed by atoms with van der Waals surface area (Å²) in [6, 6.07) is 4.90. The van der Waals surface area contributed by atoms with Crippen LogP contribution in [0.3, 0.4) is 0 Å². The summed E-state index contributed by atoms with van der Waals surface area (Å²) in [6.45, 7) is 10.2. The molecule has 2 rings (SSSR count). The van der Waals surface area contributed by atoms with Gasteiger partial charge in [-0.15, -0.1) is 0 Å². The van der Waals surface area contributed by atoms with Crippen LogP contribution >= 0.6 is 0 Å². The fourth-order valence-electron chi connectivity index (χ4n) is 3.11. The summed E-state index contributed by atoms with van der Waals surface area (Å²) in [4.78, 5) is 7.27. The van der Waals surface area contributed by atoms with Crippen LogP contribution in [0.5, 0.6) is 0 Å². The molecule has 0 bridgehead atoms. The monoisotopic (exact) mass is 289 g/mol. The quantitative estimate of drug-likeness (QED) is 0.802. The summed E-state index contributed by atoms with van der Waals surface area (Å²) in [5.41, 5.74) is 1.40. The molecule has 0 aliphatic carbocycles. The van der Waals surface area contributed by atoms with Crippen molar-refractivity contribution in [3.63, 3.8) is 0 Å². The van der Waals surface area contributed by atoms with Gasteiger partial charge in [0.25, 0.3) is 0 Å². The molecule has 0 spiro atoms. The van der Waals surface area contributed by atoms with Crippen LogP contribution in [-0.2, 0) is 0 Å². The number of aromatic nitrogens is 1. The molecular weight excluding hydrogens is 258 g/mol. The first-order valence-corrected chi connectivity index (χ1v) is 8.65. The summed E-state index contributed by atoms with van der Waals surface area (Å²) < 4.78 is 0. The summed E-state index contributed by atoms with van der Waals surface area (Å²) in [6.07, 6.45) is 8.43. The Hall–Kier alpha value is -1.09. The zero-order chi connectivity index (χ0) is 15.1. The van der Waals surface area contributed by atoms with Gasteiger partial charge in [-0.2, -0.15) is 0 Å². The number of rotatable bonds is 7. The summed E-state index contributed by atoms with van der Waals surface area (Å²) in [5.74, 6) is 1.74. The van der Waals surface area contributed by atoms with E-state index in [-0.39, 0.29) is 0 Å². The highest BCUT2D eigenvalue weighted by molar-refractivity contribution is 5.45. The lowest BCUT2D eigenvalue weighted by molar-refractivity contribution is 0.147. The van der Waals surface area contributed by atoms with Gasteiger partial charge in [0.1, 0.15) is 5.82 Å². The third-order valence-corrected chi connectivity index (χ3v) is 4.29. The number of anilines is 1. The molecular formula is C18H31N3. The summed E-state index contributed by atoms with van der Waals surface area (Å²) in [5, 5.41) is 3.55. The van der Waals surface area contributed by atoms with Crippen LogP contribution in [0.4, 0.5) is 5.82 Å². The number of hydrogen-bond donors (Lipinski definition) is 1. The van der Waals surface area contributed by atoms with Crippen molar-refractivity contribution in [3.05, 3.63) is 23.9 Å². The number of unbranched alkanes of at least 4 members (excludes halogenated alkanes) is 1. The van der Waals surface area contributed by atoms with Crippen molar-refractivity contribution in [1.82, 2.24) is 9.88 Å². The van der Waals surface area contributed by atoms with Crippen molar-refractivity contribution in [2.75, 3.05) is 25.0 Å². The Morgan fingerprint density at radius 3 is 3.00 bits per heavy atom. The SMILES string of the molecule is CCCCN1CCCCC1c1cccnc1NCC(C)C. The highest BCUT2D eigenvalue weighted by Gasteiger charge is 2.25. The molecule has 1 aromatic rings. The molecule has 1 N–H and O–H groups in total. The van der Waals surface area contributed by atoms with Gasteiger partial charge in [-0.05, 0) is 44.3 Å². The van der Waals surface area contributed by atoms with Crippen LogP contribution in [0.2, 0.25) is 0 Å². The molecule has 1 aromatic heterocycles. The number of nitrogens with one attached hydrogen (secondary N) is 1. The molecule has 0 radical (unpaired) electrons. The third-order valence-electron chi connectivity index (χ3n) is 4.29. The Kier molecular flexibility index (Phi) is 6.50. The minimum Gasteiger partial charge on any atom is -0.370 e.